The molecule has 3 heteroatoms. The maximum absolute atomic E-state index is 12.7. The van der Waals surface area contributed by atoms with Crippen LogP contribution in [-0.4, -0.2) is 29.9 Å². The fourth-order valence-electron chi connectivity index (χ4n) is 2.90. The summed E-state index contributed by atoms with van der Waals surface area (Å²) in [5, 5.41) is 0. The van der Waals surface area contributed by atoms with Gasteiger partial charge in [0.1, 0.15) is 0 Å². The Balaban J connectivity index is 2.77. The van der Waals surface area contributed by atoms with Crippen molar-refractivity contribution in [2.24, 2.45) is 23.5 Å². The molecule has 1 aliphatic carbocycles. The summed E-state index contributed by atoms with van der Waals surface area (Å²) in [6.45, 7) is 9.91. The average Bonchev–Trinajstić information content (AvgIpc) is 2.79. The summed E-state index contributed by atoms with van der Waals surface area (Å²) in [7, 11) is 0. The summed E-state index contributed by atoms with van der Waals surface area (Å²) >= 11 is 0. The van der Waals surface area contributed by atoms with Crippen molar-refractivity contribution in [2.75, 3.05) is 13.1 Å². The fraction of sp³-hybridized carbons (Fsp3) is 0.933. The maximum atomic E-state index is 12.7. The topological polar surface area (TPSA) is 46.3 Å². The Labute approximate surface area is 112 Å². The lowest BCUT2D eigenvalue weighted by Crippen LogP contribution is -2.47. The van der Waals surface area contributed by atoms with E-state index in [0.717, 1.165) is 6.54 Å². The van der Waals surface area contributed by atoms with Crippen LogP contribution in [0.5, 0.6) is 0 Å². The lowest BCUT2D eigenvalue weighted by atomic mass is 9.93. The van der Waals surface area contributed by atoms with Crippen LogP contribution >= 0.6 is 0 Å². The summed E-state index contributed by atoms with van der Waals surface area (Å²) in [6.07, 6.45) is 4.88. The second kappa shape index (κ2) is 7.13. The summed E-state index contributed by atoms with van der Waals surface area (Å²) in [4.78, 5) is 14.8. The third-order valence-corrected chi connectivity index (χ3v) is 3.99. The van der Waals surface area contributed by atoms with Gasteiger partial charge >= 0.3 is 0 Å². The van der Waals surface area contributed by atoms with Crippen molar-refractivity contribution in [1.29, 1.82) is 0 Å². The minimum atomic E-state index is -0.00986. The molecule has 106 valence electrons. The van der Waals surface area contributed by atoms with Gasteiger partial charge in [0.15, 0.2) is 0 Å². The largest absolute Gasteiger partial charge is 0.339 e. The Kier molecular flexibility index (Phi) is 6.13. The average molecular weight is 254 g/mol. The number of nitrogens with two attached hydrogens (primary N) is 1. The predicted octanol–water partition coefficient (Wildman–Crippen LogP) is 2.64. The number of carbonyl (C=O) groups excluding carboxylic acids is 1. The number of nitrogens with zero attached hydrogens (tertiary/aromatic N) is 1. The molecule has 0 aromatic rings. The normalized spacial score (nSPS) is 18.6. The first-order valence-corrected chi connectivity index (χ1v) is 7.47. The molecule has 18 heavy (non-hydrogen) atoms. The van der Waals surface area contributed by atoms with Gasteiger partial charge in [-0.25, -0.2) is 0 Å². The van der Waals surface area contributed by atoms with Crippen LogP contribution in [0, 0.1) is 17.8 Å². The Hall–Kier alpha value is -0.570. The van der Waals surface area contributed by atoms with Crippen molar-refractivity contribution in [2.45, 2.75) is 59.4 Å². The molecular formula is C15H30N2O. The molecule has 0 radical (unpaired) electrons. The summed E-state index contributed by atoms with van der Waals surface area (Å²) < 4.78 is 0. The molecule has 0 spiro atoms. The number of carbonyl (C=O) groups is 1. The van der Waals surface area contributed by atoms with Crippen molar-refractivity contribution in [3.63, 3.8) is 0 Å². The highest BCUT2D eigenvalue weighted by molar-refractivity contribution is 5.79. The first kappa shape index (κ1) is 15.5. The van der Waals surface area contributed by atoms with Gasteiger partial charge in [-0.15, -0.1) is 0 Å². The molecule has 1 fully saturated rings. The van der Waals surface area contributed by atoms with Crippen molar-refractivity contribution in [1.82, 2.24) is 4.90 Å². The zero-order valence-electron chi connectivity index (χ0n) is 12.5. The van der Waals surface area contributed by atoms with Gasteiger partial charge < -0.3 is 10.6 Å². The van der Waals surface area contributed by atoms with Crippen LogP contribution in [0.4, 0.5) is 0 Å². The van der Waals surface area contributed by atoms with Gasteiger partial charge in [0.2, 0.25) is 5.91 Å². The first-order valence-electron chi connectivity index (χ1n) is 7.47. The summed E-state index contributed by atoms with van der Waals surface area (Å²) in [5.74, 6) is 1.14. The van der Waals surface area contributed by atoms with E-state index >= 15 is 0 Å². The van der Waals surface area contributed by atoms with E-state index in [4.69, 9.17) is 5.73 Å². The third kappa shape index (κ3) is 3.98. The van der Waals surface area contributed by atoms with Crippen LogP contribution in [0.2, 0.25) is 0 Å². The highest BCUT2D eigenvalue weighted by Gasteiger charge is 2.32. The van der Waals surface area contributed by atoms with E-state index in [2.05, 4.69) is 32.6 Å². The smallest absolute Gasteiger partial charge is 0.227 e. The molecule has 0 heterocycles. The van der Waals surface area contributed by atoms with Crippen molar-refractivity contribution >= 4 is 5.91 Å². The van der Waals surface area contributed by atoms with E-state index in [0.29, 0.717) is 24.4 Å². The lowest BCUT2D eigenvalue weighted by Gasteiger charge is -2.34. The third-order valence-electron chi connectivity index (χ3n) is 3.99. The number of rotatable bonds is 6. The Morgan fingerprint density at radius 2 is 1.78 bits per heavy atom. The molecule has 1 atom stereocenters. The van der Waals surface area contributed by atoms with Crippen molar-refractivity contribution in [3.8, 4) is 0 Å². The van der Waals surface area contributed by atoms with Crippen LogP contribution in [0.25, 0.3) is 0 Å². The lowest BCUT2D eigenvalue weighted by molar-refractivity contribution is -0.139. The molecule has 0 aromatic heterocycles. The minimum absolute atomic E-state index is 0.00986. The van der Waals surface area contributed by atoms with E-state index < -0.39 is 0 Å². The quantitative estimate of drug-likeness (QED) is 0.792. The first-order chi connectivity index (χ1) is 8.47. The summed E-state index contributed by atoms with van der Waals surface area (Å²) in [6, 6.07) is 0.465. The van der Waals surface area contributed by atoms with E-state index in [1.165, 1.54) is 25.7 Å². The van der Waals surface area contributed by atoms with Gasteiger partial charge in [-0.1, -0.05) is 40.5 Å². The highest BCUT2D eigenvalue weighted by Crippen LogP contribution is 2.26. The zero-order chi connectivity index (χ0) is 13.7. The van der Waals surface area contributed by atoms with Crippen LogP contribution in [-0.2, 0) is 4.79 Å². The van der Waals surface area contributed by atoms with E-state index in [9.17, 15) is 4.79 Å². The molecule has 1 aliphatic rings. The molecule has 1 unspecified atom stereocenters. The van der Waals surface area contributed by atoms with E-state index in [-0.39, 0.29) is 11.8 Å². The molecule has 1 saturated carbocycles. The van der Waals surface area contributed by atoms with Gasteiger partial charge in [-0.05, 0) is 24.7 Å². The highest BCUT2D eigenvalue weighted by atomic mass is 16.2. The van der Waals surface area contributed by atoms with Gasteiger partial charge in [0, 0.05) is 19.1 Å². The standard InChI is InChI=1S/C15H30N2O/c1-11(2)10-17(13-7-5-6-8-13)15(18)14(9-16)12(3)4/h11-14H,5-10,16H2,1-4H3. The van der Waals surface area contributed by atoms with Crippen LogP contribution in [0.1, 0.15) is 53.4 Å². The van der Waals surface area contributed by atoms with Gasteiger partial charge in [-0.2, -0.15) is 0 Å². The second-order valence-corrected chi connectivity index (χ2v) is 6.41. The number of hydrogen-bond donors (Lipinski definition) is 1. The van der Waals surface area contributed by atoms with Crippen LogP contribution in [0.3, 0.4) is 0 Å². The molecule has 0 aromatic carbocycles. The molecular weight excluding hydrogens is 224 g/mol. The molecule has 3 nitrogen and oxygen atoms in total. The zero-order valence-corrected chi connectivity index (χ0v) is 12.5. The minimum Gasteiger partial charge on any atom is -0.339 e. The van der Waals surface area contributed by atoms with Crippen molar-refractivity contribution in [3.05, 3.63) is 0 Å². The van der Waals surface area contributed by atoms with Gasteiger partial charge in [-0.3, -0.25) is 4.79 Å². The summed E-state index contributed by atoms with van der Waals surface area (Å²) in [5.41, 5.74) is 5.79. The fourth-order valence-corrected chi connectivity index (χ4v) is 2.90. The number of hydrogen-bond acceptors (Lipinski definition) is 2. The van der Waals surface area contributed by atoms with E-state index in [1.54, 1.807) is 0 Å². The van der Waals surface area contributed by atoms with Crippen molar-refractivity contribution < 1.29 is 4.79 Å². The molecule has 0 bridgehead atoms. The molecule has 2 N–H and O–H groups in total. The Bertz CT molecular complexity index is 257. The van der Waals surface area contributed by atoms with E-state index in [1.807, 2.05) is 0 Å². The monoisotopic (exact) mass is 254 g/mol. The van der Waals surface area contributed by atoms with Crippen LogP contribution < -0.4 is 5.73 Å². The Morgan fingerprint density at radius 1 is 1.22 bits per heavy atom. The van der Waals surface area contributed by atoms with Crippen LogP contribution in [0.15, 0.2) is 0 Å². The van der Waals surface area contributed by atoms with Gasteiger partial charge in [0.05, 0.1) is 5.92 Å². The maximum Gasteiger partial charge on any atom is 0.227 e. The SMILES string of the molecule is CC(C)CN(C(=O)C(CN)C(C)C)C1CCCC1. The Morgan fingerprint density at radius 3 is 2.17 bits per heavy atom. The molecule has 1 rings (SSSR count). The number of amides is 1. The predicted molar refractivity (Wildman–Crippen MR) is 76.2 cm³/mol. The molecule has 0 saturated heterocycles. The molecule has 1 amide bonds. The van der Waals surface area contributed by atoms with Gasteiger partial charge in [0.25, 0.3) is 0 Å². The second-order valence-electron chi connectivity index (χ2n) is 6.41. The molecule has 0 aliphatic heterocycles.